The fourth-order valence-corrected chi connectivity index (χ4v) is 2.72. The minimum Gasteiger partial charge on any atom is -0.350 e. The second-order valence-electron chi connectivity index (χ2n) is 5.67. The van der Waals surface area contributed by atoms with Gasteiger partial charge in [0.25, 0.3) is 10.9 Å². The second-order valence-corrected chi connectivity index (χ2v) is 5.67. The molecule has 4 nitrogen and oxygen atoms in total. The Labute approximate surface area is 134 Å². The van der Waals surface area contributed by atoms with E-state index in [0.29, 0.717) is 11.4 Å². The van der Waals surface area contributed by atoms with Crippen molar-refractivity contribution >= 4 is 22.7 Å². The van der Waals surface area contributed by atoms with E-state index in [9.17, 15) is 9.59 Å². The average Bonchev–Trinajstić information content (AvgIpc) is 2.55. The first-order chi connectivity index (χ1) is 11.0. The van der Waals surface area contributed by atoms with Crippen LogP contribution in [0.5, 0.6) is 0 Å². The lowest BCUT2D eigenvalue weighted by Gasteiger charge is -2.25. The van der Waals surface area contributed by atoms with Gasteiger partial charge in [0, 0.05) is 18.4 Å². The fourth-order valence-electron chi connectivity index (χ4n) is 2.72. The highest BCUT2D eigenvalue weighted by atomic mass is 16.2. The van der Waals surface area contributed by atoms with Gasteiger partial charge in [-0.25, -0.2) is 0 Å². The van der Waals surface area contributed by atoms with Crippen molar-refractivity contribution in [3.63, 3.8) is 0 Å². The molecule has 3 aromatic rings. The van der Waals surface area contributed by atoms with Gasteiger partial charge in [0.05, 0.1) is 0 Å². The van der Waals surface area contributed by atoms with E-state index >= 15 is 0 Å². The summed E-state index contributed by atoms with van der Waals surface area (Å²) in [7, 11) is 1.81. The molecule has 0 atom stereocenters. The highest BCUT2D eigenvalue weighted by molar-refractivity contribution is 5.84. The maximum absolute atomic E-state index is 12.1. The number of hydrogen-bond donors (Lipinski definition) is 1. The standard InChI is InChI=1S/C19H18N2O2/c1-12-8-4-6-10-14(12)20-16-17(19(23)18(16)22)21(3)15-11-7-5-9-13(15)2/h4-11,20H,1-3H3. The Morgan fingerprint density at radius 2 is 1.43 bits per heavy atom. The van der Waals surface area contributed by atoms with E-state index in [0.717, 1.165) is 22.5 Å². The molecule has 0 heterocycles. The third-order valence-corrected chi connectivity index (χ3v) is 4.10. The number of para-hydroxylation sites is 2. The molecule has 4 heteroatoms. The lowest BCUT2D eigenvalue weighted by atomic mass is 10.1. The van der Waals surface area contributed by atoms with Gasteiger partial charge in [0.15, 0.2) is 0 Å². The van der Waals surface area contributed by atoms with Gasteiger partial charge in [0.1, 0.15) is 11.4 Å². The summed E-state index contributed by atoms with van der Waals surface area (Å²) in [4.78, 5) is 25.9. The predicted octanol–water partition coefficient (Wildman–Crippen LogP) is 3.41. The van der Waals surface area contributed by atoms with E-state index in [1.807, 2.05) is 69.4 Å². The van der Waals surface area contributed by atoms with Gasteiger partial charge in [-0.1, -0.05) is 36.4 Å². The van der Waals surface area contributed by atoms with Crippen LogP contribution in [-0.4, -0.2) is 7.05 Å². The summed E-state index contributed by atoms with van der Waals surface area (Å²) in [6.45, 7) is 3.93. The van der Waals surface area contributed by atoms with Crippen molar-refractivity contribution in [2.45, 2.75) is 13.8 Å². The van der Waals surface area contributed by atoms with E-state index in [1.165, 1.54) is 0 Å². The lowest BCUT2D eigenvalue weighted by molar-refractivity contribution is 1.14. The largest absolute Gasteiger partial charge is 0.350 e. The van der Waals surface area contributed by atoms with Crippen molar-refractivity contribution < 1.29 is 0 Å². The third kappa shape index (κ3) is 2.52. The molecule has 0 saturated carbocycles. The molecule has 0 bridgehead atoms. The molecule has 0 unspecified atom stereocenters. The first kappa shape index (κ1) is 15.0. The summed E-state index contributed by atoms with van der Waals surface area (Å²) in [5.41, 5.74) is 3.65. The number of nitrogens with one attached hydrogen (secondary N) is 1. The normalized spacial score (nSPS) is 10.7. The van der Waals surface area contributed by atoms with Crippen LogP contribution in [0.25, 0.3) is 0 Å². The number of anilines is 4. The van der Waals surface area contributed by atoms with E-state index < -0.39 is 10.9 Å². The first-order valence-electron chi connectivity index (χ1n) is 7.46. The molecule has 0 aliphatic rings. The zero-order valence-corrected chi connectivity index (χ0v) is 13.4. The Bertz CT molecular complexity index is 937. The monoisotopic (exact) mass is 306 g/mol. The average molecular weight is 306 g/mol. The number of aryl methyl sites for hydroxylation is 2. The van der Waals surface area contributed by atoms with Crippen molar-refractivity contribution in [1.29, 1.82) is 0 Å². The van der Waals surface area contributed by atoms with Crippen LogP contribution in [0.4, 0.5) is 22.7 Å². The lowest BCUT2D eigenvalue weighted by Crippen LogP contribution is -2.39. The van der Waals surface area contributed by atoms with Crippen molar-refractivity contribution in [2.24, 2.45) is 0 Å². The van der Waals surface area contributed by atoms with Crippen molar-refractivity contribution in [3.05, 3.63) is 80.1 Å². The highest BCUT2D eigenvalue weighted by Gasteiger charge is 2.25. The van der Waals surface area contributed by atoms with Crippen LogP contribution >= 0.6 is 0 Å². The third-order valence-electron chi connectivity index (χ3n) is 4.10. The summed E-state index contributed by atoms with van der Waals surface area (Å²) in [6.07, 6.45) is 0. The van der Waals surface area contributed by atoms with Crippen LogP contribution in [0, 0.1) is 13.8 Å². The Morgan fingerprint density at radius 1 is 0.826 bits per heavy atom. The van der Waals surface area contributed by atoms with Gasteiger partial charge < -0.3 is 10.2 Å². The molecular weight excluding hydrogens is 288 g/mol. The van der Waals surface area contributed by atoms with Gasteiger partial charge >= 0.3 is 0 Å². The van der Waals surface area contributed by atoms with E-state index in [-0.39, 0.29) is 0 Å². The molecule has 0 aliphatic heterocycles. The van der Waals surface area contributed by atoms with E-state index in [1.54, 1.807) is 4.90 Å². The minimum absolute atomic E-state index is 0.357. The van der Waals surface area contributed by atoms with Gasteiger partial charge in [-0.05, 0) is 37.1 Å². The molecule has 23 heavy (non-hydrogen) atoms. The van der Waals surface area contributed by atoms with Gasteiger partial charge in [-0.3, -0.25) is 9.59 Å². The van der Waals surface area contributed by atoms with Crippen LogP contribution in [-0.2, 0) is 0 Å². The zero-order valence-electron chi connectivity index (χ0n) is 13.4. The molecule has 0 spiro atoms. The maximum Gasteiger partial charge on any atom is 0.253 e. The molecule has 1 N–H and O–H groups in total. The van der Waals surface area contributed by atoms with Crippen LogP contribution < -0.4 is 21.1 Å². The summed E-state index contributed by atoms with van der Waals surface area (Å²) in [6, 6.07) is 15.5. The zero-order chi connectivity index (χ0) is 16.6. The van der Waals surface area contributed by atoms with E-state index in [2.05, 4.69) is 5.32 Å². The second kappa shape index (κ2) is 5.72. The molecule has 116 valence electrons. The number of rotatable bonds is 4. The fraction of sp³-hybridized carbons (Fsp3) is 0.158. The molecule has 0 radical (unpaired) electrons. The number of hydrogen-bond acceptors (Lipinski definition) is 4. The molecular formula is C19H18N2O2. The van der Waals surface area contributed by atoms with Crippen molar-refractivity contribution in [1.82, 2.24) is 0 Å². The summed E-state index contributed by atoms with van der Waals surface area (Å²) in [5.74, 6) is 0. The van der Waals surface area contributed by atoms with Crippen LogP contribution in [0.1, 0.15) is 11.1 Å². The molecule has 0 aromatic heterocycles. The Morgan fingerprint density at radius 3 is 2.09 bits per heavy atom. The smallest absolute Gasteiger partial charge is 0.253 e. The van der Waals surface area contributed by atoms with Crippen LogP contribution in [0.3, 0.4) is 0 Å². The maximum atomic E-state index is 12.1. The van der Waals surface area contributed by atoms with Gasteiger partial charge in [0.2, 0.25) is 0 Å². The van der Waals surface area contributed by atoms with Gasteiger partial charge in [-0.2, -0.15) is 0 Å². The van der Waals surface area contributed by atoms with Crippen LogP contribution in [0.2, 0.25) is 0 Å². The summed E-state index contributed by atoms with van der Waals surface area (Å²) in [5, 5.41) is 3.11. The summed E-state index contributed by atoms with van der Waals surface area (Å²) < 4.78 is 0. The molecule has 0 saturated heterocycles. The predicted molar refractivity (Wildman–Crippen MR) is 95.1 cm³/mol. The molecule has 0 aliphatic carbocycles. The topological polar surface area (TPSA) is 49.4 Å². The molecule has 0 fully saturated rings. The Balaban J connectivity index is 2.01. The highest BCUT2D eigenvalue weighted by Crippen LogP contribution is 2.31. The first-order valence-corrected chi connectivity index (χ1v) is 7.46. The number of nitrogens with zero attached hydrogens (tertiary/aromatic N) is 1. The Kier molecular flexibility index (Phi) is 3.74. The molecule has 0 amide bonds. The Hall–Kier alpha value is -2.88. The van der Waals surface area contributed by atoms with Crippen molar-refractivity contribution in [3.8, 4) is 0 Å². The van der Waals surface area contributed by atoms with Gasteiger partial charge in [-0.15, -0.1) is 0 Å². The number of benzene rings is 2. The molecule has 3 rings (SSSR count). The molecule has 3 aromatic carbocycles. The van der Waals surface area contributed by atoms with Crippen LogP contribution in [0.15, 0.2) is 58.1 Å². The van der Waals surface area contributed by atoms with E-state index in [4.69, 9.17) is 0 Å². The SMILES string of the molecule is Cc1ccccc1Nc1c(N(C)c2ccccc2C)c(=O)c1=O. The van der Waals surface area contributed by atoms with Crippen molar-refractivity contribution in [2.75, 3.05) is 17.3 Å². The minimum atomic E-state index is -0.469. The summed E-state index contributed by atoms with van der Waals surface area (Å²) >= 11 is 0. The quantitative estimate of drug-likeness (QED) is 0.750.